The molecule has 1 heterocycles. The van der Waals surface area contributed by atoms with Crippen LogP contribution in [0.4, 0.5) is 0 Å². The van der Waals surface area contributed by atoms with E-state index in [0.717, 1.165) is 19.5 Å². The molecule has 1 rings (SSSR count). The van der Waals surface area contributed by atoms with E-state index in [-0.39, 0.29) is 18.5 Å². The van der Waals surface area contributed by atoms with Crippen molar-refractivity contribution >= 4 is 5.78 Å². The Morgan fingerprint density at radius 2 is 2.31 bits per heavy atom. The molecule has 0 aromatic heterocycles. The highest BCUT2D eigenvalue weighted by atomic mass is 16.5. The maximum atomic E-state index is 10.7. The second-order valence-electron chi connectivity index (χ2n) is 4.08. The molecule has 1 saturated heterocycles. The summed E-state index contributed by atoms with van der Waals surface area (Å²) in [5.74, 6) is 0.657. The molecule has 2 unspecified atom stereocenters. The molecule has 0 aromatic rings. The van der Waals surface area contributed by atoms with Crippen LogP contribution in [-0.2, 0) is 9.53 Å². The predicted molar refractivity (Wildman–Crippen MR) is 51.7 cm³/mol. The van der Waals surface area contributed by atoms with Gasteiger partial charge in [0.05, 0.1) is 6.10 Å². The van der Waals surface area contributed by atoms with Crippen molar-refractivity contribution in [2.24, 2.45) is 5.92 Å². The second-order valence-corrected chi connectivity index (χ2v) is 4.08. The highest BCUT2D eigenvalue weighted by molar-refractivity contribution is 5.76. The van der Waals surface area contributed by atoms with Crippen molar-refractivity contribution in [2.45, 2.75) is 26.4 Å². The zero-order chi connectivity index (χ0) is 9.84. The standard InChI is InChI=1S/C10H19NO2/c1-8-6-11(3)5-4-10(8)13-7-9(2)12/h8,10H,4-7H2,1-3H3. The molecule has 0 bridgehead atoms. The van der Waals surface area contributed by atoms with Gasteiger partial charge in [-0.05, 0) is 26.3 Å². The number of nitrogens with zero attached hydrogens (tertiary/aromatic N) is 1. The van der Waals surface area contributed by atoms with Gasteiger partial charge in [0.25, 0.3) is 0 Å². The molecule has 13 heavy (non-hydrogen) atoms. The van der Waals surface area contributed by atoms with E-state index in [4.69, 9.17) is 4.74 Å². The molecule has 0 amide bonds. The second kappa shape index (κ2) is 4.72. The van der Waals surface area contributed by atoms with Crippen LogP contribution in [0.1, 0.15) is 20.3 Å². The van der Waals surface area contributed by atoms with Gasteiger partial charge in [0, 0.05) is 13.1 Å². The van der Waals surface area contributed by atoms with Gasteiger partial charge in [-0.3, -0.25) is 4.79 Å². The van der Waals surface area contributed by atoms with Gasteiger partial charge in [-0.2, -0.15) is 0 Å². The average molecular weight is 185 g/mol. The lowest BCUT2D eigenvalue weighted by Gasteiger charge is -2.34. The van der Waals surface area contributed by atoms with Crippen molar-refractivity contribution in [2.75, 3.05) is 26.7 Å². The first-order valence-corrected chi connectivity index (χ1v) is 4.89. The number of carbonyl (C=O) groups is 1. The molecule has 0 radical (unpaired) electrons. The third kappa shape index (κ3) is 3.44. The van der Waals surface area contributed by atoms with Crippen LogP contribution in [0, 0.1) is 5.92 Å². The summed E-state index contributed by atoms with van der Waals surface area (Å²) in [4.78, 5) is 13.0. The summed E-state index contributed by atoms with van der Waals surface area (Å²) >= 11 is 0. The Kier molecular flexibility index (Phi) is 3.88. The monoisotopic (exact) mass is 185 g/mol. The number of likely N-dealkylation sites (tertiary alicyclic amines) is 1. The number of rotatable bonds is 3. The van der Waals surface area contributed by atoms with Crippen LogP contribution in [0.15, 0.2) is 0 Å². The minimum absolute atomic E-state index is 0.117. The fraction of sp³-hybridized carbons (Fsp3) is 0.900. The molecule has 0 aliphatic carbocycles. The molecule has 3 heteroatoms. The third-order valence-electron chi connectivity index (χ3n) is 2.53. The minimum atomic E-state index is 0.117. The van der Waals surface area contributed by atoms with Crippen molar-refractivity contribution in [3.05, 3.63) is 0 Å². The van der Waals surface area contributed by atoms with Gasteiger partial charge in [-0.15, -0.1) is 0 Å². The van der Waals surface area contributed by atoms with Crippen molar-refractivity contribution < 1.29 is 9.53 Å². The molecular formula is C10H19NO2. The molecule has 0 saturated carbocycles. The smallest absolute Gasteiger partial charge is 0.155 e. The van der Waals surface area contributed by atoms with E-state index < -0.39 is 0 Å². The molecule has 0 N–H and O–H groups in total. The Labute approximate surface area is 80.1 Å². The van der Waals surface area contributed by atoms with Crippen molar-refractivity contribution in [3.8, 4) is 0 Å². The molecule has 1 aliphatic rings. The number of carbonyl (C=O) groups excluding carboxylic acids is 1. The molecule has 1 aliphatic heterocycles. The van der Waals surface area contributed by atoms with Crippen molar-refractivity contribution in [1.82, 2.24) is 4.90 Å². The Balaban J connectivity index is 2.29. The summed E-state index contributed by atoms with van der Waals surface area (Å²) < 4.78 is 5.53. The van der Waals surface area contributed by atoms with E-state index in [9.17, 15) is 4.79 Å². The molecule has 0 spiro atoms. The van der Waals surface area contributed by atoms with Crippen LogP contribution in [-0.4, -0.2) is 43.5 Å². The van der Waals surface area contributed by atoms with E-state index in [2.05, 4.69) is 18.9 Å². The molecule has 3 nitrogen and oxygen atoms in total. The lowest BCUT2D eigenvalue weighted by Crippen LogP contribution is -2.41. The first kappa shape index (κ1) is 10.7. The first-order valence-electron chi connectivity index (χ1n) is 4.89. The summed E-state index contributed by atoms with van der Waals surface area (Å²) in [5.41, 5.74) is 0. The Morgan fingerprint density at radius 1 is 1.62 bits per heavy atom. The van der Waals surface area contributed by atoms with Gasteiger partial charge < -0.3 is 9.64 Å². The van der Waals surface area contributed by atoms with Crippen LogP contribution in [0.25, 0.3) is 0 Å². The molecule has 76 valence electrons. The maximum absolute atomic E-state index is 10.7. The number of hydrogen-bond acceptors (Lipinski definition) is 3. The van der Waals surface area contributed by atoms with Crippen LogP contribution < -0.4 is 0 Å². The summed E-state index contributed by atoms with van der Waals surface area (Å²) in [5, 5.41) is 0. The summed E-state index contributed by atoms with van der Waals surface area (Å²) in [6.45, 7) is 6.17. The number of ether oxygens (including phenoxy) is 1. The van der Waals surface area contributed by atoms with E-state index in [1.807, 2.05) is 0 Å². The number of piperidine rings is 1. The SMILES string of the molecule is CC(=O)COC1CCN(C)CC1C. The van der Waals surface area contributed by atoms with Crippen molar-refractivity contribution in [1.29, 1.82) is 0 Å². The van der Waals surface area contributed by atoms with Crippen LogP contribution >= 0.6 is 0 Å². The van der Waals surface area contributed by atoms with Gasteiger partial charge in [-0.1, -0.05) is 6.92 Å². The minimum Gasteiger partial charge on any atom is -0.370 e. The van der Waals surface area contributed by atoms with E-state index in [1.54, 1.807) is 6.92 Å². The Bertz CT molecular complexity index is 182. The highest BCUT2D eigenvalue weighted by Gasteiger charge is 2.24. The van der Waals surface area contributed by atoms with Crippen LogP contribution in [0.2, 0.25) is 0 Å². The summed E-state index contributed by atoms with van der Waals surface area (Å²) in [7, 11) is 2.12. The largest absolute Gasteiger partial charge is 0.370 e. The normalized spacial score (nSPS) is 30.4. The van der Waals surface area contributed by atoms with Crippen LogP contribution in [0.5, 0.6) is 0 Å². The number of hydrogen-bond donors (Lipinski definition) is 0. The topological polar surface area (TPSA) is 29.5 Å². The summed E-state index contributed by atoms with van der Waals surface area (Å²) in [6, 6.07) is 0. The highest BCUT2D eigenvalue weighted by Crippen LogP contribution is 2.18. The quantitative estimate of drug-likeness (QED) is 0.655. The molecule has 1 fully saturated rings. The zero-order valence-corrected chi connectivity index (χ0v) is 8.75. The Morgan fingerprint density at radius 3 is 2.85 bits per heavy atom. The van der Waals surface area contributed by atoms with Crippen LogP contribution in [0.3, 0.4) is 0 Å². The van der Waals surface area contributed by atoms with Gasteiger partial charge in [-0.25, -0.2) is 0 Å². The molecule has 2 atom stereocenters. The molecule has 0 aromatic carbocycles. The number of ketones is 1. The molecular weight excluding hydrogens is 166 g/mol. The number of Topliss-reactive ketones (excluding diaryl/α,β-unsaturated/α-hetero) is 1. The van der Waals surface area contributed by atoms with E-state index >= 15 is 0 Å². The third-order valence-corrected chi connectivity index (χ3v) is 2.53. The Hall–Kier alpha value is -0.410. The summed E-state index contributed by atoms with van der Waals surface area (Å²) in [6.07, 6.45) is 1.32. The lowest BCUT2D eigenvalue weighted by atomic mass is 9.97. The van der Waals surface area contributed by atoms with E-state index in [1.165, 1.54) is 0 Å². The van der Waals surface area contributed by atoms with Crippen molar-refractivity contribution in [3.63, 3.8) is 0 Å². The average Bonchev–Trinajstić information content (AvgIpc) is 2.02. The fourth-order valence-electron chi connectivity index (χ4n) is 1.80. The van der Waals surface area contributed by atoms with E-state index in [0.29, 0.717) is 5.92 Å². The fourth-order valence-corrected chi connectivity index (χ4v) is 1.80. The van der Waals surface area contributed by atoms with Gasteiger partial charge in [0.1, 0.15) is 6.61 Å². The first-order chi connectivity index (χ1) is 6.09. The predicted octanol–water partition coefficient (Wildman–Crippen LogP) is 0.932. The van der Waals surface area contributed by atoms with Gasteiger partial charge >= 0.3 is 0 Å². The maximum Gasteiger partial charge on any atom is 0.155 e. The lowest BCUT2D eigenvalue weighted by molar-refractivity contribution is -0.125. The zero-order valence-electron chi connectivity index (χ0n) is 8.75. The van der Waals surface area contributed by atoms with Gasteiger partial charge in [0.15, 0.2) is 5.78 Å². The van der Waals surface area contributed by atoms with Gasteiger partial charge in [0.2, 0.25) is 0 Å².